The van der Waals surface area contributed by atoms with Gasteiger partial charge in [0, 0.05) is 30.6 Å². The highest BCUT2D eigenvalue weighted by Gasteiger charge is 2.19. The van der Waals surface area contributed by atoms with E-state index in [1.165, 1.54) is 0 Å². The summed E-state index contributed by atoms with van der Waals surface area (Å²) in [5, 5.41) is 1.73. The number of carbonyl (C=O) groups is 2. The second kappa shape index (κ2) is 12.0. The summed E-state index contributed by atoms with van der Waals surface area (Å²) in [6, 6.07) is 7.57. The van der Waals surface area contributed by atoms with Gasteiger partial charge in [0.1, 0.15) is 11.5 Å². The molecule has 0 bridgehead atoms. The molecule has 0 saturated carbocycles. The number of nitrogens with zero attached hydrogens (tertiary/aromatic N) is 1. The maximum absolute atomic E-state index is 12.2. The molecule has 5 nitrogen and oxygen atoms in total. The van der Waals surface area contributed by atoms with E-state index in [2.05, 4.69) is 26.2 Å². The lowest BCUT2D eigenvalue weighted by Gasteiger charge is -2.25. The van der Waals surface area contributed by atoms with Crippen LogP contribution in [-0.4, -0.2) is 35.8 Å². The molecule has 158 valence electrons. The number of benzene rings is 1. The highest BCUT2D eigenvalue weighted by atomic mass is 32.2. The van der Waals surface area contributed by atoms with E-state index in [0.717, 1.165) is 30.0 Å². The van der Waals surface area contributed by atoms with E-state index in [9.17, 15) is 9.59 Å². The molecule has 6 heteroatoms. The lowest BCUT2D eigenvalue weighted by Crippen LogP contribution is -2.39. The fraction of sp³-hybridized carbons (Fsp3) is 0.636. The van der Waals surface area contributed by atoms with Crippen molar-refractivity contribution in [1.82, 2.24) is 5.43 Å². The topological polar surface area (TPSA) is 58.6 Å². The van der Waals surface area contributed by atoms with Crippen molar-refractivity contribution < 1.29 is 14.3 Å². The molecule has 0 aromatic heterocycles. The molecule has 0 aliphatic rings. The highest BCUT2D eigenvalue weighted by Crippen LogP contribution is 2.28. The Kier molecular flexibility index (Phi) is 10.4. The Balaban J connectivity index is 2.39. The summed E-state index contributed by atoms with van der Waals surface area (Å²) in [5.74, 6) is 2.19. The van der Waals surface area contributed by atoms with Gasteiger partial charge in [-0.25, -0.2) is 0 Å². The Morgan fingerprint density at radius 3 is 2.39 bits per heavy atom. The van der Waals surface area contributed by atoms with E-state index in [0.29, 0.717) is 19.4 Å². The molecule has 1 amide bonds. The van der Waals surface area contributed by atoms with Crippen LogP contribution in [0.2, 0.25) is 0 Å². The summed E-state index contributed by atoms with van der Waals surface area (Å²) < 4.78 is 5.81. The second-order valence-electron chi connectivity index (χ2n) is 7.85. The van der Waals surface area contributed by atoms with Crippen LogP contribution in [-0.2, 0) is 9.59 Å². The van der Waals surface area contributed by atoms with Gasteiger partial charge in [0.25, 0.3) is 0 Å². The van der Waals surface area contributed by atoms with Crippen molar-refractivity contribution in [2.24, 2.45) is 5.92 Å². The number of hydrogen-bond acceptors (Lipinski definition) is 5. The van der Waals surface area contributed by atoms with E-state index >= 15 is 0 Å². The molecule has 1 aromatic carbocycles. The van der Waals surface area contributed by atoms with Crippen LogP contribution in [0.4, 0.5) is 5.69 Å². The summed E-state index contributed by atoms with van der Waals surface area (Å²) >= 11 is 1.88. The Morgan fingerprint density at radius 2 is 1.82 bits per heavy atom. The van der Waals surface area contributed by atoms with E-state index in [4.69, 9.17) is 4.74 Å². The minimum atomic E-state index is 0.0161. The molecule has 0 atom stereocenters. The van der Waals surface area contributed by atoms with Gasteiger partial charge >= 0.3 is 0 Å². The summed E-state index contributed by atoms with van der Waals surface area (Å²) in [5.41, 5.74) is 3.80. The van der Waals surface area contributed by atoms with Crippen LogP contribution in [0.5, 0.6) is 5.75 Å². The first kappa shape index (κ1) is 24.3. The summed E-state index contributed by atoms with van der Waals surface area (Å²) in [7, 11) is 1.83. The van der Waals surface area contributed by atoms with Crippen LogP contribution < -0.4 is 15.2 Å². The molecule has 0 aliphatic heterocycles. The zero-order valence-electron chi connectivity index (χ0n) is 18.2. The van der Waals surface area contributed by atoms with Crippen molar-refractivity contribution in [2.75, 3.05) is 24.4 Å². The Hall–Kier alpha value is -1.69. The average molecular weight is 409 g/mol. The van der Waals surface area contributed by atoms with Crippen LogP contribution in [0.1, 0.15) is 60.3 Å². The minimum absolute atomic E-state index is 0.0161. The molecule has 1 rings (SSSR count). The predicted octanol–water partition coefficient (Wildman–Crippen LogP) is 4.85. The number of ketones is 1. The molecule has 0 heterocycles. The zero-order chi connectivity index (χ0) is 21.2. The molecule has 1 N–H and O–H groups in total. The Labute approximate surface area is 174 Å². The van der Waals surface area contributed by atoms with Gasteiger partial charge in [0.2, 0.25) is 5.91 Å². The van der Waals surface area contributed by atoms with Crippen molar-refractivity contribution in [3.63, 3.8) is 0 Å². The predicted molar refractivity (Wildman–Crippen MR) is 119 cm³/mol. The Bertz CT molecular complexity index is 615. The third-order valence-corrected chi connectivity index (χ3v) is 5.76. The number of amides is 1. The van der Waals surface area contributed by atoms with E-state index in [1.807, 2.05) is 56.9 Å². The average Bonchev–Trinajstić information content (AvgIpc) is 2.63. The number of ether oxygens (including phenoxy) is 1. The highest BCUT2D eigenvalue weighted by molar-refractivity contribution is 8.00. The molecule has 0 spiro atoms. The summed E-state index contributed by atoms with van der Waals surface area (Å²) in [6.45, 7) is 10.9. The number of anilines is 1. The molecular formula is C22H36N2O3S. The maximum atomic E-state index is 12.2. The Morgan fingerprint density at radius 1 is 1.18 bits per heavy atom. The molecule has 1 aromatic rings. The van der Waals surface area contributed by atoms with Crippen LogP contribution >= 0.6 is 11.8 Å². The molecule has 28 heavy (non-hydrogen) atoms. The molecular weight excluding hydrogens is 372 g/mol. The number of Topliss-reactive ketones (excluding diaryl/α,β-unsaturated/α-hetero) is 1. The molecule has 0 fully saturated rings. The standard InChI is InChI=1S/C22H36N2O3S/c1-7-28-22(4,5)15-14-21(26)23-24(6)18-10-12-19(13-11-18)27-16-8-9-20(25)17(2)3/h10-13,17H,7-9,14-16H2,1-6H3,(H,23,26). The molecule has 0 saturated heterocycles. The third-order valence-electron chi connectivity index (χ3n) is 4.49. The SMILES string of the molecule is CCSC(C)(C)CCC(=O)NN(C)c1ccc(OCCCC(=O)C(C)C)cc1. The zero-order valence-corrected chi connectivity index (χ0v) is 19.0. The smallest absolute Gasteiger partial charge is 0.238 e. The number of thioether (sulfide) groups is 1. The van der Waals surface area contributed by atoms with Gasteiger partial charge < -0.3 is 4.74 Å². The van der Waals surface area contributed by atoms with Crippen molar-refractivity contribution in [3.05, 3.63) is 24.3 Å². The lowest BCUT2D eigenvalue weighted by atomic mass is 10.1. The van der Waals surface area contributed by atoms with E-state index in [-0.39, 0.29) is 22.4 Å². The van der Waals surface area contributed by atoms with E-state index in [1.54, 1.807) is 5.01 Å². The first-order chi connectivity index (χ1) is 13.1. The first-order valence-corrected chi connectivity index (χ1v) is 11.1. The maximum Gasteiger partial charge on any atom is 0.238 e. The largest absolute Gasteiger partial charge is 0.494 e. The molecule has 0 unspecified atom stereocenters. The fourth-order valence-electron chi connectivity index (χ4n) is 2.68. The van der Waals surface area contributed by atoms with Crippen LogP contribution in [0.25, 0.3) is 0 Å². The minimum Gasteiger partial charge on any atom is -0.494 e. The van der Waals surface area contributed by atoms with Gasteiger partial charge in [-0.15, -0.1) is 0 Å². The normalized spacial score (nSPS) is 11.4. The molecule has 0 aliphatic carbocycles. The monoisotopic (exact) mass is 408 g/mol. The summed E-state index contributed by atoms with van der Waals surface area (Å²) in [6.07, 6.45) is 2.62. The van der Waals surface area contributed by atoms with Gasteiger partial charge in [0.05, 0.1) is 12.3 Å². The van der Waals surface area contributed by atoms with Crippen molar-refractivity contribution >= 4 is 29.1 Å². The number of nitrogens with one attached hydrogen (secondary N) is 1. The first-order valence-electron chi connectivity index (χ1n) is 10.1. The van der Waals surface area contributed by atoms with Gasteiger partial charge in [0.15, 0.2) is 0 Å². The van der Waals surface area contributed by atoms with Crippen molar-refractivity contribution in [1.29, 1.82) is 0 Å². The second-order valence-corrected chi connectivity index (χ2v) is 9.82. The van der Waals surface area contributed by atoms with Gasteiger partial charge in [-0.1, -0.05) is 34.6 Å². The van der Waals surface area contributed by atoms with Crippen LogP contribution in [0.15, 0.2) is 24.3 Å². The van der Waals surface area contributed by atoms with Crippen LogP contribution in [0.3, 0.4) is 0 Å². The van der Waals surface area contributed by atoms with Crippen LogP contribution in [0, 0.1) is 5.92 Å². The lowest BCUT2D eigenvalue weighted by molar-refractivity contribution is -0.122. The van der Waals surface area contributed by atoms with Gasteiger partial charge in [-0.3, -0.25) is 20.0 Å². The van der Waals surface area contributed by atoms with Crippen molar-refractivity contribution in [2.45, 2.75) is 65.0 Å². The number of hydrazine groups is 1. The van der Waals surface area contributed by atoms with Crippen molar-refractivity contribution in [3.8, 4) is 5.75 Å². The number of carbonyl (C=O) groups excluding carboxylic acids is 2. The van der Waals surface area contributed by atoms with Gasteiger partial charge in [-0.2, -0.15) is 11.8 Å². The summed E-state index contributed by atoms with van der Waals surface area (Å²) in [4.78, 5) is 23.8. The quantitative estimate of drug-likeness (QED) is 0.373. The van der Waals surface area contributed by atoms with E-state index < -0.39 is 0 Å². The number of hydrogen-bond donors (Lipinski definition) is 1. The third kappa shape index (κ3) is 9.49. The number of rotatable bonds is 13. The molecule has 0 radical (unpaired) electrons. The van der Waals surface area contributed by atoms with Gasteiger partial charge in [-0.05, 0) is 42.9 Å². The fourth-order valence-corrected chi connectivity index (χ4v) is 3.70.